The molecule has 1 atom stereocenters. The van der Waals surface area contributed by atoms with Gasteiger partial charge in [-0.05, 0) is 63.0 Å². The van der Waals surface area contributed by atoms with E-state index in [9.17, 15) is 18.0 Å². The molecule has 3 aliphatic rings. The van der Waals surface area contributed by atoms with Crippen molar-refractivity contribution in [3.8, 4) is 5.75 Å². The Morgan fingerprint density at radius 1 is 1.19 bits per heavy atom. The molecular formula is C22H31N3O5S. The fraction of sp³-hybridized carbons (Fsp3) is 0.636. The number of aryl methyl sites for hydroxylation is 1. The number of hydrogen-bond acceptors (Lipinski definition) is 5. The zero-order chi connectivity index (χ0) is 22.2. The topological polar surface area (TPSA) is 105 Å². The normalized spacial score (nSPS) is 27.0. The number of amides is 2. The number of benzene rings is 1. The van der Waals surface area contributed by atoms with E-state index in [1.807, 2.05) is 0 Å². The van der Waals surface area contributed by atoms with Gasteiger partial charge in [-0.2, -0.15) is 4.31 Å². The highest BCUT2D eigenvalue weighted by molar-refractivity contribution is 7.89. The third-order valence-corrected chi connectivity index (χ3v) is 8.65. The summed E-state index contributed by atoms with van der Waals surface area (Å²) in [5.41, 5.74) is 1.01. The Labute approximate surface area is 183 Å². The maximum Gasteiger partial charge on any atom is 0.262 e. The standard InChI is InChI=1S/C22H31N3O5S/c1-14-5-7-17(8-6-14)23-22(27)16-4-3-9-25(12-16)31(28,29)20-11-19-18(10-15(20)2)24-21(26)13-30-19/h10-11,14,16-17H,3-9,12-13H2,1-2H3,(H,23,27)(H,24,26)/t14?,16-,17?/m0/s1. The van der Waals surface area contributed by atoms with Crippen molar-refractivity contribution in [2.75, 3.05) is 25.0 Å². The Balaban J connectivity index is 1.47. The molecule has 4 rings (SSSR count). The van der Waals surface area contributed by atoms with E-state index in [4.69, 9.17) is 4.74 Å². The maximum atomic E-state index is 13.4. The van der Waals surface area contributed by atoms with Crippen molar-refractivity contribution in [3.63, 3.8) is 0 Å². The predicted molar refractivity (Wildman–Crippen MR) is 116 cm³/mol. The summed E-state index contributed by atoms with van der Waals surface area (Å²) in [6, 6.07) is 3.30. The summed E-state index contributed by atoms with van der Waals surface area (Å²) >= 11 is 0. The van der Waals surface area contributed by atoms with Crippen LogP contribution in [-0.2, 0) is 19.6 Å². The largest absolute Gasteiger partial charge is 0.482 e. The fourth-order valence-corrected chi connectivity index (χ4v) is 6.48. The van der Waals surface area contributed by atoms with Crippen LogP contribution in [0, 0.1) is 18.8 Å². The van der Waals surface area contributed by atoms with Crippen molar-refractivity contribution in [2.45, 2.75) is 63.3 Å². The van der Waals surface area contributed by atoms with Gasteiger partial charge in [-0.15, -0.1) is 0 Å². The molecule has 1 saturated carbocycles. The Hall–Kier alpha value is -2.13. The van der Waals surface area contributed by atoms with Crippen LogP contribution < -0.4 is 15.4 Å². The number of rotatable bonds is 4. The Morgan fingerprint density at radius 3 is 2.68 bits per heavy atom. The average Bonchev–Trinajstić information content (AvgIpc) is 2.74. The summed E-state index contributed by atoms with van der Waals surface area (Å²) in [6.07, 6.45) is 5.57. The molecule has 8 nitrogen and oxygen atoms in total. The number of ether oxygens (including phenoxy) is 1. The molecule has 31 heavy (non-hydrogen) atoms. The van der Waals surface area contributed by atoms with Gasteiger partial charge in [-0.1, -0.05) is 6.92 Å². The number of nitrogens with one attached hydrogen (secondary N) is 2. The van der Waals surface area contributed by atoms with E-state index in [2.05, 4.69) is 17.6 Å². The van der Waals surface area contributed by atoms with Gasteiger partial charge < -0.3 is 15.4 Å². The first-order chi connectivity index (χ1) is 14.7. The molecule has 0 aromatic heterocycles. The SMILES string of the molecule is Cc1cc2c(cc1S(=O)(=O)N1CCC[C@H](C(=O)NC3CCC(C)CC3)C1)OCC(=O)N2. The molecule has 9 heteroatoms. The highest BCUT2D eigenvalue weighted by Gasteiger charge is 2.35. The van der Waals surface area contributed by atoms with E-state index in [-0.39, 0.29) is 41.8 Å². The molecule has 0 radical (unpaired) electrons. The van der Waals surface area contributed by atoms with Crippen LogP contribution in [0.3, 0.4) is 0 Å². The van der Waals surface area contributed by atoms with Crippen LogP contribution in [0.15, 0.2) is 17.0 Å². The van der Waals surface area contributed by atoms with Crippen LogP contribution >= 0.6 is 0 Å². The third-order valence-electron chi connectivity index (χ3n) is 6.64. The second kappa shape index (κ2) is 8.78. The lowest BCUT2D eigenvalue weighted by Crippen LogP contribution is -2.48. The van der Waals surface area contributed by atoms with Crippen LogP contribution in [0.2, 0.25) is 0 Å². The van der Waals surface area contributed by atoms with Crippen LogP contribution in [0.25, 0.3) is 0 Å². The van der Waals surface area contributed by atoms with Crippen molar-refractivity contribution in [1.82, 2.24) is 9.62 Å². The van der Waals surface area contributed by atoms with Gasteiger partial charge in [0, 0.05) is 25.2 Å². The monoisotopic (exact) mass is 449 g/mol. The first-order valence-electron chi connectivity index (χ1n) is 11.1. The van der Waals surface area contributed by atoms with Crippen molar-refractivity contribution in [2.24, 2.45) is 11.8 Å². The van der Waals surface area contributed by atoms with Crippen molar-refractivity contribution in [3.05, 3.63) is 17.7 Å². The second-order valence-corrected chi connectivity index (χ2v) is 11.0. The number of fused-ring (bicyclic) bond motifs is 1. The van der Waals surface area contributed by atoms with Gasteiger partial charge in [0.05, 0.1) is 16.5 Å². The Morgan fingerprint density at radius 2 is 1.94 bits per heavy atom. The number of carbonyl (C=O) groups excluding carboxylic acids is 2. The predicted octanol–water partition coefficient (Wildman–Crippen LogP) is 2.42. The summed E-state index contributed by atoms with van der Waals surface area (Å²) in [7, 11) is -3.79. The lowest BCUT2D eigenvalue weighted by Gasteiger charge is -2.34. The zero-order valence-electron chi connectivity index (χ0n) is 18.1. The molecule has 1 aromatic carbocycles. The van der Waals surface area contributed by atoms with Gasteiger partial charge in [0.25, 0.3) is 5.91 Å². The van der Waals surface area contributed by atoms with Gasteiger partial charge in [-0.25, -0.2) is 8.42 Å². The molecule has 0 unspecified atom stereocenters. The molecule has 1 saturated heterocycles. The van der Waals surface area contributed by atoms with Gasteiger partial charge in [0.2, 0.25) is 15.9 Å². The average molecular weight is 450 g/mol. The highest BCUT2D eigenvalue weighted by Crippen LogP contribution is 2.35. The van der Waals surface area contributed by atoms with E-state index < -0.39 is 10.0 Å². The molecule has 0 bridgehead atoms. The number of hydrogen-bond donors (Lipinski definition) is 2. The van der Waals surface area contributed by atoms with Gasteiger partial charge >= 0.3 is 0 Å². The van der Waals surface area contributed by atoms with E-state index in [1.165, 1.54) is 10.4 Å². The third kappa shape index (κ3) is 4.72. The van der Waals surface area contributed by atoms with Gasteiger partial charge in [-0.3, -0.25) is 9.59 Å². The van der Waals surface area contributed by atoms with Crippen LogP contribution in [-0.4, -0.2) is 50.3 Å². The highest BCUT2D eigenvalue weighted by atomic mass is 32.2. The maximum absolute atomic E-state index is 13.4. The number of anilines is 1. The molecule has 2 fully saturated rings. The van der Waals surface area contributed by atoms with E-state index in [1.54, 1.807) is 13.0 Å². The van der Waals surface area contributed by atoms with Crippen LogP contribution in [0.4, 0.5) is 5.69 Å². The van der Waals surface area contributed by atoms with Crippen molar-refractivity contribution < 1.29 is 22.7 Å². The first kappa shape index (κ1) is 22.1. The van der Waals surface area contributed by atoms with E-state index in [0.29, 0.717) is 42.3 Å². The van der Waals surface area contributed by atoms with E-state index in [0.717, 1.165) is 25.7 Å². The minimum Gasteiger partial charge on any atom is -0.482 e. The summed E-state index contributed by atoms with van der Waals surface area (Å²) in [6.45, 7) is 4.38. The molecule has 2 heterocycles. The molecular weight excluding hydrogens is 418 g/mol. The molecule has 170 valence electrons. The molecule has 2 amide bonds. The number of nitrogens with zero attached hydrogens (tertiary/aromatic N) is 1. The lowest BCUT2D eigenvalue weighted by atomic mass is 9.87. The smallest absolute Gasteiger partial charge is 0.262 e. The van der Waals surface area contributed by atoms with E-state index >= 15 is 0 Å². The van der Waals surface area contributed by atoms with Gasteiger partial charge in [0.15, 0.2) is 6.61 Å². The molecule has 2 aliphatic heterocycles. The summed E-state index contributed by atoms with van der Waals surface area (Å²) < 4.78 is 33.6. The Kier molecular flexibility index (Phi) is 6.25. The minimum atomic E-state index is -3.79. The molecule has 1 aliphatic carbocycles. The quantitative estimate of drug-likeness (QED) is 0.735. The minimum absolute atomic E-state index is 0.0346. The Bertz CT molecular complexity index is 970. The van der Waals surface area contributed by atoms with Crippen molar-refractivity contribution >= 4 is 27.5 Å². The summed E-state index contributed by atoms with van der Waals surface area (Å²) in [4.78, 5) is 24.5. The number of sulfonamides is 1. The molecule has 1 aromatic rings. The zero-order valence-corrected chi connectivity index (χ0v) is 19.0. The summed E-state index contributed by atoms with van der Waals surface area (Å²) in [5.74, 6) is 0.422. The number of piperidine rings is 1. The second-order valence-electron chi connectivity index (χ2n) is 9.12. The summed E-state index contributed by atoms with van der Waals surface area (Å²) in [5, 5.41) is 5.85. The van der Waals surface area contributed by atoms with Crippen molar-refractivity contribution in [1.29, 1.82) is 0 Å². The number of carbonyl (C=O) groups is 2. The first-order valence-corrected chi connectivity index (χ1v) is 12.6. The lowest BCUT2D eigenvalue weighted by molar-refractivity contribution is -0.127. The van der Waals surface area contributed by atoms with Gasteiger partial charge in [0.1, 0.15) is 5.75 Å². The van der Waals surface area contributed by atoms with Crippen LogP contribution in [0.1, 0.15) is 51.0 Å². The van der Waals surface area contributed by atoms with Crippen LogP contribution in [0.5, 0.6) is 5.75 Å². The molecule has 2 N–H and O–H groups in total. The molecule has 0 spiro atoms. The fourth-order valence-electron chi connectivity index (χ4n) is 4.73.